The van der Waals surface area contributed by atoms with Crippen LogP contribution in [0.4, 0.5) is 0 Å². The van der Waals surface area contributed by atoms with Crippen LogP contribution in [0.25, 0.3) is 0 Å². The van der Waals surface area contributed by atoms with Crippen molar-refractivity contribution in [3.63, 3.8) is 0 Å². The number of ketones is 1. The van der Waals surface area contributed by atoms with Crippen molar-refractivity contribution in [2.75, 3.05) is 13.6 Å². The molecule has 0 spiro atoms. The molecule has 0 aromatic carbocycles. The summed E-state index contributed by atoms with van der Waals surface area (Å²) in [4.78, 5) is 13.5. The molecule has 0 aromatic rings. The summed E-state index contributed by atoms with van der Waals surface area (Å²) in [5.41, 5.74) is 0. The first-order valence-corrected chi connectivity index (χ1v) is 4.88. The van der Waals surface area contributed by atoms with Crippen LogP contribution in [0.5, 0.6) is 0 Å². The van der Waals surface area contributed by atoms with Gasteiger partial charge in [-0.15, -0.1) is 0 Å². The lowest BCUT2D eigenvalue weighted by atomic mass is 10.1. The number of carbonyl (C=O) groups excluding carboxylic acids is 1. The fraction of sp³-hybridized carbons (Fsp3) is 0.900. The Morgan fingerprint density at radius 1 is 1.58 bits per heavy atom. The van der Waals surface area contributed by atoms with Crippen molar-refractivity contribution in [1.82, 2.24) is 4.90 Å². The summed E-state index contributed by atoms with van der Waals surface area (Å²) in [6, 6.07) is 0.121. The van der Waals surface area contributed by atoms with Crippen LogP contribution in [0.2, 0.25) is 0 Å². The molecule has 1 aliphatic rings. The summed E-state index contributed by atoms with van der Waals surface area (Å²) < 4.78 is 0. The number of carbonyl (C=O) groups is 1. The molecular weight excluding hydrogens is 150 g/mol. The summed E-state index contributed by atoms with van der Waals surface area (Å²) in [6.45, 7) is 5.05. The predicted molar refractivity (Wildman–Crippen MR) is 50.1 cm³/mol. The molecule has 2 nitrogen and oxygen atoms in total. The Balaban J connectivity index is 2.28. The van der Waals surface area contributed by atoms with Gasteiger partial charge in [0.1, 0.15) is 5.78 Å². The monoisotopic (exact) mass is 169 g/mol. The second kappa shape index (κ2) is 4.04. The van der Waals surface area contributed by atoms with Gasteiger partial charge in [-0.1, -0.05) is 6.92 Å². The standard InChI is InChI=1S/C10H19NO/c1-4-10(12)8(2)11(3)7-9-5-6-9/h8-9H,4-7H2,1-3H3. The minimum Gasteiger partial charge on any atom is -0.298 e. The molecule has 12 heavy (non-hydrogen) atoms. The zero-order valence-electron chi connectivity index (χ0n) is 8.34. The van der Waals surface area contributed by atoms with E-state index >= 15 is 0 Å². The van der Waals surface area contributed by atoms with Gasteiger partial charge in [0.2, 0.25) is 0 Å². The van der Waals surface area contributed by atoms with Crippen molar-refractivity contribution >= 4 is 5.78 Å². The highest BCUT2D eigenvalue weighted by Crippen LogP contribution is 2.29. The van der Waals surface area contributed by atoms with Gasteiger partial charge >= 0.3 is 0 Å². The number of Topliss-reactive ketones (excluding diaryl/α,β-unsaturated/α-hetero) is 1. The highest BCUT2D eigenvalue weighted by atomic mass is 16.1. The van der Waals surface area contributed by atoms with Crippen LogP contribution in [0.1, 0.15) is 33.1 Å². The quantitative estimate of drug-likeness (QED) is 0.624. The Labute approximate surface area is 74.9 Å². The Bertz CT molecular complexity index is 163. The summed E-state index contributed by atoms with van der Waals surface area (Å²) in [5, 5.41) is 0. The molecule has 0 aliphatic heterocycles. The predicted octanol–water partition coefficient (Wildman–Crippen LogP) is 1.70. The smallest absolute Gasteiger partial charge is 0.149 e. The number of nitrogens with zero attached hydrogens (tertiary/aromatic N) is 1. The maximum Gasteiger partial charge on any atom is 0.149 e. The second-order valence-corrected chi connectivity index (χ2v) is 3.88. The van der Waals surface area contributed by atoms with Crippen molar-refractivity contribution in [3.05, 3.63) is 0 Å². The zero-order chi connectivity index (χ0) is 9.14. The molecule has 0 heterocycles. The number of hydrogen-bond acceptors (Lipinski definition) is 2. The lowest BCUT2D eigenvalue weighted by Gasteiger charge is -2.22. The summed E-state index contributed by atoms with van der Waals surface area (Å²) in [7, 11) is 2.05. The third-order valence-electron chi connectivity index (χ3n) is 2.72. The van der Waals surface area contributed by atoms with E-state index in [9.17, 15) is 4.79 Å². The highest BCUT2D eigenvalue weighted by molar-refractivity contribution is 5.83. The van der Waals surface area contributed by atoms with Crippen LogP contribution in [0.15, 0.2) is 0 Å². The van der Waals surface area contributed by atoms with Gasteiger partial charge in [-0.25, -0.2) is 0 Å². The molecule has 0 radical (unpaired) electrons. The molecule has 2 heteroatoms. The van der Waals surface area contributed by atoms with Gasteiger partial charge in [-0.2, -0.15) is 0 Å². The second-order valence-electron chi connectivity index (χ2n) is 3.88. The molecule has 0 bridgehead atoms. The first-order chi connectivity index (χ1) is 5.65. The average molecular weight is 169 g/mol. The lowest BCUT2D eigenvalue weighted by molar-refractivity contribution is -0.123. The maximum absolute atomic E-state index is 11.3. The fourth-order valence-corrected chi connectivity index (χ4v) is 1.41. The summed E-state index contributed by atoms with van der Waals surface area (Å²) >= 11 is 0. The Kier molecular flexibility index (Phi) is 3.27. The fourth-order valence-electron chi connectivity index (χ4n) is 1.41. The van der Waals surface area contributed by atoms with Gasteiger partial charge in [0.05, 0.1) is 6.04 Å². The largest absolute Gasteiger partial charge is 0.298 e. The minimum atomic E-state index is 0.121. The average Bonchev–Trinajstić information content (AvgIpc) is 2.85. The zero-order valence-corrected chi connectivity index (χ0v) is 8.34. The normalized spacial score (nSPS) is 19.7. The van der Waals surface area contributed by atoms with Crippen molar-refractivity contribution < 1.29 is 4.79 Å². The highest BCUT2D eigenvalue weighted by Gasteiger charge is 2.26. The maximum atomic E-state index is 11.3. The topological polar surface area (TPSA) is 20.3 Å². The van der Waals surface area contributed by atoms with Crippen LogP contribution in [0.3, 0.4) is 0 Å². The third-order valence-corrected chi connectivity index (χ3v) is 2.72. The molecule has 0 saturated heterocycles. The Morgan fingerprint density at radius 2 is 2.17 bits per heavy atom. The summed E-state index contributed by atoms with van der Waals surface area (Å²) in [5.74, 6) is 1.24. The molecule has 1 unspecified atom stereocenters. The lowest BCUT2D eigenvalue weighted by Crippen LogP contribution is -2.36. The SMILES string of the molecule is CCC(=O)C(C)N(C)CC1CC1. The first kappa shape index (κ1) is 9.72. The van der Waals surface area contributed by atoms with Crippen LogP contribution in [-0.2, 0) is 4.79 Å². The molecule has 0 aromatic heterocycles. The van der Waals surface area contributed by atoms with E-state index in [1.807, 2.05) is 13.8 Å². The molecule has 1 saturated carbocycles. The van der Waals surface area contributed by atoms with Gasteiger partial charge in [0.25, 0.3) is 0 Å². The van der Waals surface area contributed by atoms with Crippen molar-refractivity contribution in [3.8, 4) is 0 Å². The van der Waals surface area contributed by atoms with E-state index in [1.165, 1.54) is 12.8 Å². The van der Waals surface area contributed by atoms with Crippen LogP contribution >= 0.6 is 0 Å². The van der Waals surface area contributed by atoms with Crippen molar-refractivity contribution in [1.29, 1.82) is 0 Å². The van der Waals surface area contributed by atoms with Crippen LogP contribution in [-0.4, -0.2) is 30.3 Å². The van der Waals surface area contributed by atoms with Crippen molar-refractivity contribution in [2.24, 2.45) is 5.92 Å². The number of hydrogen-bond donors (Lipinski definition) is 0. The van der Waals surface area contributed by atoms with E-state index in [2.05, 4.69) is 11.9 Å². The van der Waals surface area contributed by atoms with E-state index in [1.54, 1.807) is 0 Å². The van der Waals surface area contributed by atoms with Crippen LogP contribution in [0, 0.1) is 5.92 Å². The Hall–Kier alpha value is -0.370. The van der Waals surface area contributed by atoms with Gasteiger partial charge in [0.15, 0.2) is 0 Å². The molecule has 0 N–H and O–H groups in total. The molecule has 1 aliphatic carbocycles. The molecule has 0 amide bonds. The molecule has 1 fully saturated rings. The number of likely N-dealkylation sites (N-methyl/N-ethyl adjacent to an activating group) is 1. The van der Waals surface area contributed by atoms with Crippen molar-refractivity contribution in [2.45, 2.75) is 39.2 Å². The van der Waals surface area contributed by atoms with E-state index in [0.29, 0.717) is 12.2 Å². The molecular formula is C10H19NO. The van der Waals surface area contributed by atoms with Gasteiger partial charge in [-0.3, -0.25) is 9.69 Å². The number of rotatable bonds is 5. The molecule has 1 rings (SSSR count). The van der Waals surface area contributed by atoms with E-state index < -0.39 is 0 Å². The van der Waals surface area contributed by atoms with Crippen LogP contribution < -0.4 is 0 Å². The van der Waals surface area contributed by atoms with Gasteiger partial charge in [-0.05, 0) is 32.7 Å². The molecule has 1 atom stereocenters. The first-order valence-electron chi connectivity index (χ1n) is 4.88. The minimum absolute atomic E-state index is 0.121. The van der Waals surface area contributed by atoms with Gasteiger partial charge in [0, 0.05) is 13.0 Å². The van der Waals surface area contributed by atoms with E-state index in [0.717, 1.165) is 12.5 Å². The van der Waals surface area contributed by atoms with E-state index in [-0.39, 0.29) is 6.04 Å². The summed E-state index contributed by atoms with van der Waals surface area (Å²) in [6.07, 6.45) is 3.38. The van der Waals surface area contributed by atoms with E-state index in [4.69, 9.17) is 0 Å². The third kappa shape index (κ3) is 2.59. The Morgan fingerprint density at radius 3 is 2.58 bits per heavy atom. The van der Waals surface area contributed by atoms with Gasteiger partial charge < -0.3 is 0 Å². The molecule has 70 valence electrons.